The summed E-state index contributed by atoms with van der Waals surface area (Å²) in [5, 5.41) is 0.101. The summed E-state index contributed by atoms with van der Waals surface area (Å²) in [6.45, 7) is 8.78. The van der Waals surface area contributed by atoms with Gasteiger partial charge in [0.2, 0.25) is 0 Å². The fourth-order valence-electron chi connectivity index (χ4n) is 3.11. The van der Waals surface area contributed by atoms with Crippen LogP contribution in [-0.4, -0.2) is 29.3 Å². The van der Waals surface area contributed by atoms with Gasteiger partial charge in [0.1, 0.15) is 6.61 Å². The van der Waals surface area contributed by atoms with Gasteiger partial charge in [-0.05, 0) is 26.2 Å². The molecule has 96 valence electrons. The molecule has 3 heteroatoms. The van der Waals surface area contributed by atoms with Crippen molar-refractivity contribution in [3.05, 3.63) is 0 Å². The zero-order chi connectivity index (χ0) is 12.7. The van der Waals surface area contributed by atoms with E-state index in [1.54, 1.807) is 0 Å². The molecule has 2 heterocycles. The number of hydrogen-bond donors (Lipinski definition) is 0. The van der Waals surface area contributed by atoms with Crippen molar-refractivity contribution in [2.45, 2.75) is 63.2 Å². The monoisotopic (exact) mass is 256 g/mol. The van der Waals surface area contributed by atoms with E-state index < -0.39 is 0 Å². The largest absolute Gasteiger partial charge is 0.364 e. The minimum absolute atomic E-state index is 0.101. The fraction of sp³-hybridized carbons (Fsp3) is 0.857. The Morgan fingerprint density at radius 1 is 1.47 bits per heavy atom. The quantitative estimate of drug-likeness (QED) is 0.571. The lowest BCUT2D eigenvalue weighted by Crippen LogP contribution is -2.45. The third-order valence-corrected chi connectivity index (χ3v) is 4.76. The summed E-state index contributed by atoms with van der Waals surface area (Å²) in [5.74, 6) is 6.21. The molecule has 0 aromatic rings. The molecule has 2 fully saturated rings. The number of alkyl halides is 1. The molecular formula is C14H21ClO2. The molecule has 4 atom stereocenters. The number of halogens is 1. The highest BCUT2D eigenvalue weighted by Gasteiger charge is 2.65. The van der Waals surface area contributed by atoms with E-state index in [0.29, 0.717) is 12.5 Å². The molecule has 0 saturated carbocycles. The Hall–Kier alpha value is -0.230. The first-order chi connectivity index (χ1) is 7.94. The first-order valence-electron chi connectivity index (χ1n) is 6.30. The first-order valence-corrected chi connectivity index (χ1v) is 6.74. The van der Waals surface area contributed by atoms with Gasteiger partial charge >= 0.3 is 0 Å². The van der Waals surface area contributed by atoms with Crippen molar-refractivity contribution in [3.8, 4) is 11.8 Å². The van der Waals surface area contributed by atoms with Crippen molar-refractivity contribution in [1.29, 1.82) is 0 Å². The van der Waals surface area contributed by atoms with Gasteiger partial charge in [0, 0.05) is 6.42 Å². The molecule has 2 rings (SSSR count). The summed E-state index contributed by atoms with van der Waals surface area (Å²) in [6.07, 6.45) is 1.89. The third-order valence-electron chi connectivity index (χ3n) is 4.23. The molecule has 2 aliphatic rings. The highest BCUT2D eigenvalue weighted by Crippen LogP contribution is 2.56. The second kappa shape index (κ2) is 4.46. The second-order valence-corrected chi connectivity index (χ2v) is 6.15. The maximum Gasteiger partial charge on any atom is 0.108 e. The fourth-order valence-corrected chi connectivity index (χ4v) is 3.80. The van der Waals surface area contributed by atoms with Crippen LogP contribution < -0.4 is 0 Å². The van der Waals surface area contributed by atoms with Crippen LogP contribution in [0.1, 0.15) is 40.5 Å². The maximum atomic E-state index is 6.47. The van der Waals surface area contributed by atoms with Crippen LogP contribution >= 0.6 is 11.6 Å². The van der Waals surface area contributed by atoms with Gasteiger partial charge in [-0.15, -0.1) is 17.5 Å². The molecule has 0 amide bonds. The Kier molecular flexibility index (Phi) is 3.47. The minimum Gasteiger partial charge on any atom is -0.364 e. The van der Waals surface area contributed by atoms with Crippen LogP contribution in [0.4, 0.5) is 0 Å². The predicted octanol–water partition coefficient (Wildman–Crippen LogP) is 2.98. The molecule has 0 N–H and O–H groups in total. The Morgan fingerprint density at radius 3 is 2.71 bits per heavy atom. The number of hydrogen-bond acceptors (Lipinski definition) is 2. The standard InChI is InChI=1S/C14H21ClO2/c1-5-6-7-16-12-9-14(10(2)3)11(15)8-13(12,4)17-14/h10-12H,7-9H2,1-4H3/t11-,12+,13-,14+/m0/s1. The Bertz CT molecular complexity index is 357. The number of rotatable bonds is 3. The molecular weight excluding hydrogens is 236 g/mol. The lowest BCUT2D eigenvalue weighted by atomic mass is 9.75. The van der Waals surface area contributed by atoms with Crippen LogP contribution in [-0.2, 0) is 9.47 Å². The van der Waals surface area contributed by atoms with Gasteiger partial charge in [-0.1, -0.05) is 19.8 Å². The van der Waals surface area contributed by atoms with Gasteiger partial charge in [-0.25, -0.2) is 0 Å². The molecule has 0 aliphatic carbocycles. The van der Waals surface area contributed by atoms with Crippen LogP contribution in [0.5, 0.6) is 0 Å². The van der Waals surface area contributed by atoms with Gasteiger partial charge in [-0.3, -0.25) is 0 Å². The van der Waals surface area contributed by atoms with Crippen molar-refractivity contribution in [2.24, 2.45) is 5.92 Å². The molecule has 0 radical (unpaired) electrons. The molecule has 2 nitrogen and oxygen atoms in total. The number of fused-ring (bicyclic) bond motifs is 2. The van der Waals surface area contributed by atoms with Crippen LogP contribution in [0.15, 0.2) is 0 Å². The lowest BCUT2D eigenvalue weighted by molar-refractivity contribution is -0.0890. The summed E-state index contributed by atoms with van der Waals surface area (Å²) in [4.78, 5) is 0. The van der Waals surface area contributed by atoms with Gasteiger partial charge in [-0.2, -0.15) is 0 Å². The first kappa shape index (κ1) is 13.2. The third kappa shape index (κ3) is 1.99. The van der Waals surface area contributed by atoms with Gasteiger partial charge < -0.3 is 9.47 Å². The van der Waals surface area contributed by atoms with E-state index in [4.69, 9.17) is 21.1 Å². The summed E-state index contributed by atoms with van der Waals surface area (Å²) in [7, 11) is 0. The van der Waals surface area contributed by atoms with Crippen molar-refractivity contribution in [2.75, 3.05) is 6.61 Å². The molecule has 0 aromatic heterocycles. The molecule has 0 unspecified atom stereocenters. The second-order valence-electron chi connectivity index (χ2n) is 5.63. The average Bonchev–Trinajstić information content (AvgIpc) is 2.67. The topological polar surface area (TPSA) is 18.5 Å². The van der Waals surface area contributed by atoms with Gasteiger partial charge in [0.25, 0.3) is 0 Å². The highest BCUT2D eigenvalue weighted by atomic mass is 35.5. The molecule has 2 saturated heterocycles. The number of ether oxygens (including phenoxy) is 2. The summed E-state index contributed by atoms with van der Waals surface area (Å²) in [5.41, 5.74) is -0.438. The van der Waals surface area contributed by atoms with E-state index >= 15 is 0 Å². The minimum atomic E-state index is -0.230. The van der Waals surface area contributed by atoms with Crippen LogP contribution in [0.3, 0.4) is 0 Å². The van der Waals surface area contributed by atoms with Crippen LogP contribution in [0.25, 0.3) is 0 Å². The average molecular weight is 257 g/mol. The van der Waals surface area contributed by atoms with Crippen molar-refractivity contribution < 1.29 is 9.47 Å². The molecule has 2 bridgehead atoms. The summed E-state index contributed by atoms with van der Waals surface area (Å²) in [6, 6.07) is 0. The zero-order valence-electron chi connectivity index (χ0n) is 11.0. The normalized spacial score (nSPS) is 43.9. The Morgan fingerprint density at radius 2 is 2.18 bits per heavy atom. The van der Waals surface area contributed by atoms with Crippen molar-refractivity contribution in [3.63, 3.8) is 0 Å². The van der Waals surface area contributed by atoms with Crippen molar-refractivity contribution >= 4 is 11.6 Å². The summed E-state index contributed by atoms with van der Waals surface area (Å²) < 4.78 is 12.1. The van der Waals surface area contributed by atoms with E-state index in [-0.39, 0.29) is 22.7 Å². The molecule has 0 aromatic carbocycles. The van der Waals surface area contributed by atoms with Crippen LogP contribution in [0, 0.1) is 17.8 Å². The Labute approximate surface area is 109 Å². The molecule has 2 aliphatic heterocycles. The SMILES string of the molecule is CC#CCO[C@@H]1C[C@]2(C(C)C)O[C@@]1(C)C[C@@H]2Cl. The maximum absolute atomic E-state index is 6.47. The molecule has 17 heavy (non-hydrogen) atoms. The van der Waals surface area contributed by atoms with E-state index in [0.717, 1.165) is 12.8 Å². The predicted molar refractivity (Wildman–Crippen MR) is 69.1 cm³/mol. The lowest BCUT2D eigenvalue weighted by Gasteiger charge is -2.35. The Balaban J connectivity index is 2.12. The highest BCUT2D eigenvalue weighted by molar-refractivity contribution is 6.21. The van der Waals surface area contributed by atoms with E-state index in [9.17, 15) is 0 Å². The van der Waals surface area contributed by atoms with Gasteiger partial charge in [0.15, 0.2) is 0 Å². The van der Waals surface area contributed by atoms with E-state index in [2.05, 4.69) is 32.6 Å². The summed E-state index contributed by atoms with van der Waals surface area (Å²) >= 11 is 6.47. The smallest absolute Gasteiger partial charge is 0.108 e. The van der Waals surface area contributed by atoms with Crippen LogP contribution in [0.2, 0.25) is 0 Å². The van der Waals surface area contributed by atoms with E-state index in [1.165, 1.54) is 0 Å². The molecule has 0 spiro atoms. The van der Waals surface area contributed by atoms with E-state index in [1.807, 2.05) is 6.92 Å². The van der Waals surface area contributed by atoms with Crippen molar-refractivity contribution in [1.82, 2.24) is 0 Å². The zero-order valence-corrected chi connectivity index (χ0v) is 11.8. The van der Waals surface area contributed by atoms with Gasteiger partial charge in [0.05, 0.1) is 22.7 Å².